The minimum Gasteiger partial charge on any atom is -0.481 e. The molecular weight excluding hydrogens is 248 g/mol. The van der Waals surface area contributed by atoms with Crippen LogP contribution in [0.4, 0.5) is 4.79 Å². The van der Waals surface area contributed by atoms with Crippen molar-refractivity contribution in [2.75, 3.05) is 32.8 Å². The van der Waals surface area contributed by atoms with Crippen molar-refractivity contribution in [1.82, 2.24) is 10.2 Å². The Labute approximate surface area is 113 Å². The molecule has 6 nitrogen and oxygen atoms in total. The number of hydrogen-bond donors (Lipinski definition) is 2. The molecule has 0 aromatic rings. The minimum atomic E-state index is -0.749. The number of hydrogen-bond acceptors (Lipinski definition) is 3. The van der Waals surface area contributed by atoms with Crippen LogP contribution < -0.4 is 5.32 Å². The Morgan fingerprint density at radius 1 is 1.26 bits per heavy atom. The zero-order valence-corrected chi connectivity index (χ0v) is 11.1. The number of aliphatic carboxylic acids is 1. The van der Waals surface area contributed by atoms with E-state index < -0.39 is 5.97 Å². The van der Waals surface area contributed by atoms with Crippen LogP contribution in [0.5, 0.6) is 0 Å². The smallest absolute Gasteiger partial charge is 0.317 e. The molecule has 2 saturated heterocycles. The number of carbonyl (C=O) groups excluding carboxylic acids is 1. The third kappa shape index (κ3) is 4.09. The Morgan fingerprint density at radius 3 is 2.58 bits per heavy atom. The second-order valence-electron chi connectivity index (χ2n) is 5.35. The molecular formula is C13H22N2O4. The topological polar surface area (TPSA) is 78.9 Å². The molecule has 0 bridgehead atoms. The first-order valence-corrected chi connectivity index (χ1v) is 7.00. The molecule has 6 heteroatoms. The first kappa shape index (κ1) is 14.1. The van der Waals surface area contributed by atoms with E-state index >= 15 is 0 Å². The fourth-order valence-corrected chi connectivity index (χ4v) is 2.64. The van der Waals surface area contributed by atoms with Crippen LogP contribution in [-0.2, 0) is 9.53 Å². The van der Waals surface area contributed by atoms with Gasteiger partial charge in [0.1, 0.15) is 0 Å². The van der Waals surface area contributed by atoms with Crippen molar-refractivity contribution in [3.8, 4) is 0 Å². The van der Waals surface area contributed by atoms with Crippen LogP contribution in [-0.4, -0.2) is 54.9 Å². The predicted molar refractivity (Wildman–Crippen MR) is 68.9 cm³/mol. The Hall–Kier alpha value is -1.30. The highest BCUT2D eigenvalue weighted by molar-refractivity contribution is 5.75. The Bertz CT molecular complexity index is 321. The molecule has 2 amide bonds. The third-order valence-corrected chi connectivity index (χ3v) is 3.98. The molecule has 0 aromatic carbocycles. The monoisotopic (exact) mass is 270 g/mol. The Kier molecular flexibility index (Phi) is 5.01. The van der Waals surface area contributed by atoms with Gasteiger partial charge >= 0.3 is 12.0 Å². The molecule has 0 spiro atoms. The zero-order valence-electron chi connectivity index (χ0n) is 11.1. The lowest BCUT2D eigenvalue weighted by molar-refractivity contribution is -0.143. The highest BCUT2D eigenvalue weighted by Gasteiger charge is 2.26. The molecule has 0 radical (unpaired) electrons. The minimum absolute atomic E-state index is 0.0669. The predicted octanol–water partition coefficient (Wildman–Crippen LogP) is 0.919. The van der Waals surface area contributed by atoms with Crippen molar-refractivity contribution in [2.45, 2.75) is 25.7 Å². The maximum Gasteiger partial charge on any atom is 0.317 e. The number of piperidine rings is 1. The normalized spacial score (nSPS) is 24.4. The number of urea groups is 1. The number of ether oxygens (including phenoxy) is 1. The number of nitrogens with zero attached hydrogens (tertiary/aromatic N) is 1. The number of carboxylic acids is 1. The second-order valence-corrected chi connectivity index (χ2v) is 5.35. The van der Waals surface area contributed by atoms with Crippen LogP contribution in [0.15, 0.2) is 0 Å². The van der Waals surface area contributed by atoms with Crippen LogP contribution in [0.1, 0.15) is 25.7 Å². The van der Waals surface area contributed by atoms with Crippen molar-refractivity contribution in [3.63, 3.8) is 0 Å². The highest BCUT2D eigenvalue weighted by atomic mass is 16.5. The number of likely N-dealkylation sites (tertiary alicyclic amines) is 1. The van der Waals surface area contributed by atoms with Crippen molar-refractivity contribution < 1.29 is 19.4 Å². The standard InChI is InChI=1S/C13H22N2O4/c16-12(17)11-2-6-15(7-3-11)13(18)14-5-1-10-4-8-19-9-10/h10-11H,1-9H2,(H,14,18)(H,16,17). The van der Waals surface area contributed by atoms with E-state index in [-0.39, 0.29) is 11.9 Å². The van der Waals surface area contributed by atoms with E-state index in [1.807, 2.05) is 0 Å². The molecule has 2 rings (SSSR count). The zero-order chi connectivity index (χ0) is 13.7. The third-order valence-electron chi connectivity index (χ3n) is 3.98. The second kappa shape index (κ2) is 6.75. The largest absolute Gasteiger partial charge is 0.481 e. The van der Waals surface area contributed by atoms with Gasteiger partial charge in [-0.25, -0.2) is 4.79 Å². The average molecular weight is 270 g/mol. The molecule has 19 heavy (non-hydrogen) atoms. The van der Waals surface area contributed by atoms with Gasteiger partial charge in [0.25, 0.3) is 0 Å². The first-order valence-electron chi connectivity index (χ1n) is 7.00. The van der Waals surface area contributed by atoms with E-state index in [0.29, 0.717) is 38.4 Å². The van der Waals surface area contributed by atoms with Gasteiger partial charge in [0, 0.05) is 32.8 Å². The van der Waals surface area contributed by atoms with Crippen LogP contribution in [0.25, 0.3) is 0 Å². The van der Waals surface area contributed by atoms with E-state index in [1.54, 1.807) is 4.90 Å². The SMILES string of the molecule is O=C(O)C1CCN(C(=O)NCCC2CCOC2)CC1. The summed E-state index contributed by atoms with van der Waals surface area (Å²) in [7, 11) is 0. The Balaban J connectivity index is 1.62. The molecule has 0 saturated carbocycles. The summed E-state index contributed by atoms with van der Waals surface area (Å²) in [6, 6.07) is -0.0669. The van der Waals surface area contributed by atoms with Gasteiger partial charge in [0.05, 0.1) is 5.92 Å². The lowest BCUT2D eigenvalue weighted by Crippen LogP contribution is -2.45. The molecule has 0 aromatic heterocycles. The summed E-state index contributed by atoms with van der Waals surface area (Å²) in [5.41, 5.74) is 0. The molecule has 1 unspecified atom stereocenters. The fourth-order valence-electron chi connectivity index (χ4n) is 2.64. The van der Waals surface area contributed by atoms with Crippen molar-refractivity contribution in [3.05, 3.63) is 0 Å². The lowest BCUT2D eigenvalue weighted by Gasteiger charge is -2.30. The number of amides is 2. The molecule has 2 heterocycles. The van der Waals surface area contributed by atoms with Gasteiger partial charge in [0.15, 0.2) is 0 Å². The molecule has 2 N–H and O–H groups in total. The number of carbonyl (C=O) groups is 2. The summed E-state index contributed by atoms with van der Waals surface area (Å²) in [5.74, 6) is -0.473. The van der Waals surface area contributed by atoms with Crippen molar-refractivity contribution in [1.29, 1.82) is 0 Å². The van der Waals surface area contributed by atoms with E-state index in [9.17, 15) is 9.59 Å². The highest BCUT2D eigenvalue weighted by Crippen LogP contribution is 2.18. The van der Waals surface area contributed by atoms with Crippen LogP contribution in [0, 0.1) is 11.8 Å². The van der Waals surface area contributed by atoms with E-state index in [1.165, 1.54) is 0 Å². The summed E-state index contributed by atoms with van der Waals surface area (Å²) in [6.07, 6.45) is 3.15. The van der Waals surface area contributed by atoms with Gasteiger partial charge in [-0.15, -0.1) is 0 Å². The van der Waals surface area contributed by atoms with Gasteiger partial charge in [-0.2, -0.15) is 0 Å². The van der Waals surface area contributed by atoms with Crippen molar-refractivity contribution >= 4 is 12.0 Å². The maximum atomic E-state index is 11.9. The van der Waals surface area contributed by atoms with Crippen molar-refractivity contribution in [2.24, 2.45) is 11.8 Å². The van der Waals surface area contributed by atoms with Gasteiger partial charge in [-0.05, 0) is 31.6 Å². The molecule has 0 aliphatic carbocycles. The molecule has 2 aliphatic heterocycles. The van der Waals surface area contributed by atoms with Crippen LogP contribution in [0.2, 0.25) is 0 Å². The maximum absolute atomic E-state index is 11.9. The quantitative estimate of drug-likeness (QED) is 0.796. The molecule has 2 fully saturated rings. The average Bonchev–Trinajstić information content (AvgIpc) is 2.92. The summed E-state index contributed by atoms with van der Waals surface area (Å²) in [6.45, 7) is 3.39. The van der Waals surface area contributed by atoms with Crippen LogP contribution in [0.3, 0.4) is 0 Å². The molecule has 2 aliphatic rings. The van der Waals surface area contributed by atoms with E-state index in [2.05, 4.69) is 5.32 Å². The fraction of sp³-hybridized carbons (Fsp3) is 0.846. The summed E-state index contributed by atoms with van der Waals surface area (Å²) in [5, 5.41) is 11.8. The van der Waals surface area contributed by atoms with Gasteiger partial charge < -0.3 is 20.1 Å². The number of rotatable bonds is 4. The summed E-state index contributed by atoms with van der Waals surface area (Å²) >= 11 is 0. The summed E-state index contributed by atoms with van der Waals surface area (Å²) in [4.78, 5) is 24.4. The van der Waals surface area contributed by atoms with Crippen LogP contribution >= 0.6 is 0 Å². The number of nitrogens with one attached hydrogen (secondary N) is 1. The van der Waals surface area contributed by atoms with E-state index in [4.69, 9.17) is 9.84 Å². The molecule has 1 atom stereocenters. The van der Waals surface area contributed by atoms with Gasteiger partial charge in [0.2, 0.25) is 0 Å². The Morgan fingerprint density at radius 2 is 2.00 bits per heavy atom. The first-order chi connectivity index (χ1) is 9.16. The summed E-state index contributed by atoms with van der Waals surface area (Å²) < 4.78 is 5.29. The number of carboxylic acid groups (broad SMARTS) is 1. The van der Waals surface area contributed by atoms with Gasteiger partial charge in [-0.1, -0.05) is 0 Å². The lowest BCUT2D eigenvalue weighted by atomic mass is 9.97. The molecule has 108 valence electrons. The van der Waals surface area contributed by atoms with Gasteiger partial charge in [-0.3, -0.25) is 4.79 Å². The van der Waals surface area contributed by atoms with E-state index in [0.717, 1.165) is 26.1 Å².